The first kappa shape index (κ1) is 29.7. The zero-order valence-electron chi connectivity index (χ0n) is 28.0. The molecular weight excluding hydrogens is 635 g/mol. The Balaban J connectivity index is 1.16. The summed E-state index contributed by atoms with van der Waals surface area (Å²) in [5.41, 5.74) is 14.0. The molecule has 0 unspecified atom stereocenters. The van der Waals surface area contributed by atoms with E-state index in [9.17, 15) is 5.26 Å². The maximum absolute atomic E-state index is 10.9. The van der Waals surface area contributed by atoms with Crippen LogP contribution in [-0.2, 0) is 0 Å². The highest BCUT2D eigenvalue weighted by Gasteiger charge is 2.19. The van der Waals surface area contributed by atoms with Gasteiger partial charge in [-0.3, -0.25) is 0 Å². The molecule has 0 saturated carbocycles. The standard InChI is InChI=1S/C49H29NO2/c50-30-45-43(34-16-8-14-32(26-34)37-20-10-22-41-39-18-4-6-24-46(39)51-48(37)41)28-36(31-12-2-1-3-13-31)29-44(45)35-17-9-15-33(27-35)38-21-11-23-42-40-19-5-7-25-47(40)52-49(38)42/h1-29H. The lowest BCUT2D eigenvalue weighted by molar-refractivity contribution is 0.669. The molecule has 8 aromatic carbocycles. The number of nitriles is 1. The Morgan fingerprint density at radius 2 is 0.731 bits per heavy atom. The fraction of sp³-hybridized carbons (Fsp3) is 0. The quantitative estimate of drug-likeness (QED) is 0.184. The van der Waals surface area contributed by atoms with Crippen molar-refractivity contribution in [2.24, 2.45) is 0 Å². The Hall–Kier alpha value is -7.15. The third-order valence-corrected chi connectivity index (χ3v) is 10.1. The van der Waals surface area contributed by atoms with Crippen LogP contribution in [0.4, 0.5) is 0 Å². The van der Waals surface area contributed by atoms with Gasteiger partial charge in [-0.05, 0) is 69.8 Å². The lowest BCUT2D eigenvalue weighted by Gasteiger charge is -2.16. The average molecular weight is 664 g/mol. The zero-order valence-corrected chi connectivity index (χ0v) is 28.0. The summed E-state index contributed by atoms with van der Waals surface area (Å²) >= 11 is 0. The Bertz CT molecular complexity index is 2850. The maximum Gasteiger partial charge on any atom is 0.143 e. The van der Waals surface area contributed by atoms with Crippen molar-refractivity contribution in [3.05, 3.63) is 181 Å². The van der Waals surface area contributed by atoms with Gasteiger partial charge in [-0.1, -0.05) is 140 Å². The van der Waals surface area contributed by atoms with Crippen molar-refractivity contribution in [2.75, 3.05) is 0 Å². The van der Waals surface area contributed by atoms with Crippen LogP contribution in [-0.4, -0.2) is 0 Å². The van der Waals surface area contributed by atoms with Crippen LogP contribution < -0.4 is 0 Å². The van der Waals surface area contributed by atoms with Gasteiger partial charge in [0.05, 0.1) is 5.56 Å². The Labute approximate surface area is 300 Å². The van der Waals surface area contributed by atoms with Crippen molar-refractivity contribution < 1.29 is 8.83 Å². The molecule has 3 nitrogen and oxygen atoms in total. The first-order valence-corrected chi connectivity index (χ1v) is 17.4. The Morgan fingerprint density at radius 3 is 1.23 bits per heavy atom. The molecule has 0 fully saturated rings. The Morgan fingerprint density at radius 1 is 0.327 bits per heavy atom. The van der Waals surface area contributed by atoms with E-state index in [1.807, 2.05) is 42.5 Å². The number of hydrogen-bond donors (Lipinski definition) is 0. The summed E-state index contributed by atoms with van der Waals surface area (Å²) in [6.07, 6.45) is 0. The average Bonchev–Trinajstić information content (AvgIpc) is 3.79. The van der Waals surface area contributed by atoms with Gasteiger partial charge in [0.1, 0.15) is 28.4 Å². The van der Waals surface area contributed by atoms with E-state index >= 15 is 0 Å². The third-order valence-electron chi connectivity index (χ3n) is 10.1. The van der Waals surface area contributed by atoms with Crippen LogP contribution in [0.15, 0.2) is 185 Å². The highest BCUT2D eigenvalue weighted by atomic mass is 16.3. The van der Waals surface area contributed by atoms with Crippen LogP contribution >= 0.6 is 0 Å². The van der Waals surface area contributed by atoms with Crippen molar-refractivity contribution in [1.29, 1.82) is 5.26 Å². The summed E-state index contributed by atoms with van der Waals surface area (Å²) in [4.78, 5) is 0. The molecule has 0 aliphatic carbocycles. The maximum atomic E-state index is 10.9. The van der Waals surface area contributed by atoms with Gasteiger partial charge in [0.2, 0.25) is 0 Å². The summed E-state index contributed by atoms with van der Waals surface area (Å²) < 4.78 is 12.8. The number of furan rings is 2. The second-order valence-electron chi connectivity index (χ2n) is 13.1. The van der Waals surface area contributed by atoms with E-state index in [1.54, 1.807) is 0 Å². The van der Waals surface area contributed by atoms with Crippen LogP contribution in [0.1, 0.15) is 5.56 Å². The summed E-state index contributed by atoms with van der Waals surface area (Å²) in [5.74, 6) is 0. The topological polar surface area (TPSA) is 50.1 Å². The Kier molecular flexibility index (Phi) is 6.87. The van der Waals surface area contributed by atoms with Gasteiger partial charge < -0.3 is 8.83 Å². The fourth-order valence-corrected chi connectivity index (χ4v) is 7.67. The minimum absolute atomic E-state index is 0.623. The van der Waals surface area contributed by atoms with Gasteiger partial charge in [0, 0.05) is 43.8 Å². The summed E-state index contributed by atoms with van der Waals surface area (Å²) in [6, 6.07) is 63.1. The van der Waals surface area contributed by atoms with E-state index in [0.29, 0.717) is 5.56 Å². The molecule has 10 rings (SSSR count). The summed E-state index contributed by atoms with van der Waals surface area (Å²) in [7, 11) is 0. The van der Waals surface area contributed by atoms with E-state index in [1.165, 1.54) is 0 Å². The lowest BCUT2D eigenvalue weighted by Crippen LogP contribution is -1.94. The third kappa shape index (κ3) is 4.81. The molecule has 0 bridgehead atoms. The SMILES string of the molecule is N#Cc1c(-c2cccc(-c3cccc4c3oc3ccccc34)c2)cc(-c2ccccc2)cc1-c1cccc(-c2cccc3c2oc2ccccc23)c1. The normalized spacial score (nSPS) is 11.4. The van der Waals surface area contributed by atoms with Gasteiger partial charge in [-0.25, -0.2) is 0 Å². The number of rotatable bonds is 5. The molecule has 242 valence electrons. The number of hydrogen-bond acceptors (Lipinski definition) is 3. The summed E-state index contributed by atoms with van der Waals surface area (Å²) in [5, 5.41) is 15.3. The molecule has 2 aromatic heterocycles. The van der Waals surface area contributed by atoms with E-state index < -0.39 is 0 Å². The fourth-order valence-electron chi connectivity index (χ4n) is 7.67. The molecule has 0 aliphatic rings. The molecule has 0 amide bonds. The molecule has 52 heavy (non-hydrogen) atoms. The zero-order chi connectivity index (χ0) is 34.6. The van der Waals surface area contributed by atoms with Crippen molar-refractivity contribution >= 4 is 43.9 Å². The van der Waals surface area contributed by atoms with Crippen LogP contribution in [0.25, 0.3) is 99.5 Å². The molecule has 10 aromatic rings. The number of fused-ring (bicyclic) bond motifs is 6. The molecule has 0 N–H and O–H groups in total. The second-order valence-corrected chi connectivity index (χ2v) is 13.1. The van der Waals surface area contributed by atoms with Crippen molar-refractivity contribution in [3.8, 4) is 61.7 Å². The highest BCUT2D eigenvalue weighted by Crippen LogP contribution is 2.42. The molecule has 0 radical (unpaired) electrons. The van der Waals surface area contributed by atoms with Crippen molar-refractivity contribution in [2.45, 2.75) is 0 Å². The molecule has 2 heterocycles. The first-order valence-electron chi connectivity index (χ1n) is 17.4. The van der Waals surface area contributed by atoms with Crippen LogP contribution in [0, 0.1) is 11.3 Å². The first-order chi connectivity index (χ1) is 25.7. The predicted molar refractivity (Wildman–Crippen MR) is 213 cm³/mol. The van der Waals surface area contributed by atoms with E-state index in [2.05, 4.69) is 140 Å². The minimum Gasteiger partial charge on any atom is -0.455 e. The van der Waals surface area contributed by atoms with Crippen molar-refractivity contribution in [1.82, 2.24) is 0 Å². The number of benzene rings is 8. The van der Waals surface area contributed by atoms with Crippen molar-refractivity contribution in [3.63, 3.8) is 0 Å². The monoisotopic (exact) mass is 663 g/mol. The highest BCUT2D eigenvalue weighted by molar-refractivity contribution is 6.11. The van der Waals surface area contributed by atoms with Gasteiger partial charge >= 0.3 is 0 Å². The molecule has 3 heteroatoms. The smallest absolute Gasteiger partial charge is 0.143 e. The number of para-hydroxylation sites is 4. The van der Waals surface area contributed by atoms with E-state index in [-0.39, 0.29) is 0 Å². The predicted octanol–water partition coefficient (Wildman–Crippen LogP) is 13.7. The van der Waals surface area contributed by atoms with Crippen LogP contribution in [0.3, 0.4) is 0 Å². The molecule has 0 aliphatic heterocycles. The molecule has 0 atom stereocenters. The van der Waals surface area contributed by atoms with Gasteiger partial charge in [-0.15, -0.1) is 0 Å². The second kappa shape index (κ2) is 12.0. The van der Waals surface area contributed by atoms with Crippen LogP contribution in [0.5, 0.6) is 0 Å². The van der Waals surface area contributed by atoms with E-state index in [0.717, 1.165) is 99.5 Å². The van der Waals surface area contributed by atoms with Gasteiger partial charge in [-0.2, -0.15) is 5.26 Å². The lowest BCUT2D eigenvalue weighted by atomic mass is 9.87. The summed E-state index contributed by atoms with van der Waals surface area (Å²) in [6.45, 7) is 0. The largest absolute Gasteiger partial charge is 0.455 e. The molecule has 0 spiro atoms. The van der Waals surface area contributed by atoms with Gasteiger partial charge in [0.25, 0.3) is 0 Å². The number of nitrogens with zero attached hydrogens (tertiary/aromatic N) is 1. The van der Waals surface area contributed by atoms with E-state index in [4.69, 9.17) is 8.83 Å². The molecular formula is C49H29NO2. The minimum atomic E-state index is 0.623. The van der Waals surface area contributed by atoms with Gasteiger partial charge in [0.15, 0.2) is 0 Å². The van der Waals surface area contributed by atoms with Crippen LogP contribution in [0.2, 0.25) is 0 Å². The molecule has 0 saturated heterocycles.